The maximum atomic E-state index is 4.53. The second kappa shape index (κ2) is 10.9. The molecule has 33 heavy (non-hydrogen) atoms. The van der Waals surface area contributed by atoms with E-state index in [1.807, 2.05) is 31.5 Å². The highest BCUT2D eigenvalue weighted by Crippen LogP contribution is 2.26. The number of nitrogens with one attached hydrogen (secondary N) is 2. The second-order valence-electron chi connectivity index (χ2n) is 8.47. The van der Waals surface area contributed by atoms with Crippen molar-refractivity contribution < 1.29 is 0 Å². The summed E-state index contributed by atoms with van der Waals surface area (Å²) >= 11 is 0. The van der Waals surface area contributed by atoms with E-state index in [-0.39, 0.29) is 0 Å². The molecule has 2 aromatic heterocycles. The van der Waals surface area contributed by atoms with E-state index in [1.165, 1.54) is 37.9 Å². The predicted molar refractivity (Wildman–Crippen MR) is 137 cm³/mol. The third-order valence-corrected chi connectivity index (χ3v) is 6.09. The molecule has 1 aromatic carbocycles. The number of likely N-dealkylation sites (tertiary alicyclic amines) is 1. The topological polar surface area (TPSA) is 69.2 Å². The Balaban J connectivity index is 1.54. The maximum Gasteiger partial charge on any atom is 0.0924 e. The smallest absolute Gasteiger partial charge is 0.0924 e. The fourth-order valence-corrected chi connectivity index (χ4v) is 4.25. The minimum atomic E-state index is 0.611. The lowest BCUT2D eigenvalue weighted by atomic mass is 10.0. The Kier molecular flexibility index (Phi) is 7.47. The third-order valence-electron chi connectivity index (χ3n) is 6.09. The van der Waals surface area contributed by atoms with Gasteiger partial charge < -0.3 is 5.32 Å². The van der Waals surface area contributed by atoms with Gasteiger partial charge in [0.2, 0.25) is 0 Å². The van der Waals surface area contributed by atoms with Crippen LogP contribution in [0, 0.1) is 0 Å². The van der Waals surface area contributed by atoms with Gasteiger partial charge in [0.25, 0.3) is 0 Å². The van der Waals surface area contributed by atoms with Crippen molar-refractivity contribution in [2.75, 3.05) is 13.1 Å². The number of allylic oxidation sites excluding steroid dienone is 4. The zero-order chi connectivity index (χ0) is 23.0. The normalized spacial score (nSPS) is 15.5. The van der Waals surface area contributed by atoms with Crippen molar-refractivity contribution in [1.29, 1.82) is 0 Å². The van der Waals surface area contributed by atoms with Crippen molar-refractivity contribution in [3.8, 4) is 11.1 Å². The highest BCUT2D eigenvalue weighted by molar-refractivity contribution is 5.86. The SMILES string of the molecule is C=C/C=C\C(N=C)=C(/C)NCc1[nH]nc2ccc(-c3cncc(CN4CCCCC4)c3)cc12. The van der Waals surface area contributed by atoms with E-state index in [2.05, 4.69) is 68.0 Å². The molecule has 1 aliphatic heterocycles. The molecule has 0 atom stereocenters. The van der Waals surface area contributed by atoms with Gasteiger partial charge >= 0.3 is 0 Å². The summed E-state index contributed by atoms with van der Waals surface area (Å²) in [5, 5.41) is 12.2. The van der Waals surface area contributed by atoms with Crippen LogP contribution in [-0.4, -0.2) is 39.9 Å². The number of hydrogen-bond donors (Lipinski definition) is 2. The van der Waals surface area contributed by atoms with Crippen molar-refractivity contribution in [3.63, 3.8) is 0 Å². The summed E-state index contributed by atoms with van der Waals surface area (Å²) in [5.74, 6) is 0. The number of fused-ring (bicyclic) bond motifs is 1. The van der Waals surface area contributed by atoms with Crippen molar-refractivity contribution in [2.24, 2.45) is 4.99 Å². The molecule has 6 nitrogen and oxygen atoms in total. The Morgan fingerprint density at radius 2 is 2.03 bits per heavy atom. The number of aliphatic imine (C=N–C) groups is 1. The van der Waals surface area contributed by atoms with Crippen LogP contribution >= 0.6 is 0 Å². The van der Waals surface area contributed by atoms with Gasteiger partial charge in [-0.15, -0.1) is 0 Å². The van der Waals surface area contributed by atoms with E-state index < -0.39 is 0 Å². The molecule has 170 valence electrons. The van der Waals surface area contributed by atoms with E-state index in [0.29, 0.717) is 6.54 Å². The third kappa shape index (κ3) is 5.65. The first-order chi connectivity index (χ1) is 16.2. The molecule has 0 radical (unpaired) electrons. The molecule has 3 heterocycles. The number of piperidine rings is 1. The van der Waals surface area contributed by atoms with Crippen LogP contribution in [0.3, 0.4) is 0 Å². The Bertz CT molecular complexity index is 1180. The van der Waals surface area contributed by atoms with Crippen LogP contribution in [0.2, 0.25) is 0 Å². The van der Waals surface area contributed by atoms with Gasteiger partial charge in [-0.2, -0.15) is 5.10 Å². The zero-order valence-corrected chi connectivity index (χ0v) is 19.3. The average Bonchev–Trinajstić information content (AvgIpc) is 3.26. The molecular formula is C27H32N6. The van der Waals surface area contributed by atoms with Crippen molar-refractivity contribution in [1.82, 2.24) is 25.4 Å². The maximum absolute atomic E-state index is 4.53. The molecule has 0 aliphatic carbocycles. The summed E-state index contributed by atoms with van der Waals surface area (Å²) in [7, 11) is 0. The van der Waals surface area contributed by atoms with E-state index in [0.717, 1.165) is 45.7 Å². The first-order valence-electron chi connectivity index (χ1n) is 11.5. The number of aromatic nitrogens is 3. The lowest BCUT2D eigenvalue weighted by Crippen LogP contribution is -2.29. The van der Waals surface area contributed by atoms with E-state index in [9.17, 15) is 0 Å². The first kappa shape index (κ1) is 22.7. The highest BCUT2D eigenvalue weighted by Gasteiger charge is 2.12. The standard InChI is InChI=1S/C27H32N6/c1-4-5-9-25(28-3)20(2)30-18-27-24-15-22(10-11-26(24)31-32-27)23-14-21(16-29-17-23)19-33-12-7-6-8-13-33/h4-5,9-11,14-17,30H,1,3,6-8,12-13,18-19H2,2H3,(H,31,32)/b9-5-,25-20-. The van der Waals surface area contributed by atoms with Gasteiger partial charge in [-0.1, -0.05) is 31.2 Å². The Hall–Kier alpha value is -3.51. The summed E-state index contributed by atoms with van der Waals surface area (Å²) < 4.78 is 0. The number of H-pyrrole nitrogens is 1. The van der Waals surface area contributed by atoms with Crippen LogP contribution in [0.4, 0.5) is 0 Å². The van der Waals surface area contributed by atoms with Crippen LogP contribution in [-0.2, 0) is 13.1 Å². The van der Waals surface area contributed by atoms with Gasteiger partial charge in [0.05, 0.1) is 23.5 Å². The van der Waals surface area contributed by atoms with Crippen molar-refractivity contribution in [3.05, 3.63) is 84.1 Å². The first-order valence-corrected chi connectivity index (χ1v) is 11.5. The van der Waals surface area contributed by atoms with Crippen molar-refractivity contribution >= 4 is 17.6 Å². The molecule has 1 aliphatic rings. The fraction of sp³-hybridized carbons (Fsp3) is 0.296. The van der Waals surface area contributed by atoms with Gasteiger partial charge in [0.1, 0.15) is 0 Å². The number of benzene rings is 1. The molecule has 0 spiro atoms. The number of rotatable bonds is 9. The molecule has 3 aromatic rings. The number of pyridine rings is 1. The number of nitrogens with zero attached hydrogens (tertiary/aromatic N) is 4. The molecular weight excluding hydrogens is 408 g/mol. The molecule has 0 unspecified atom stereocenters. The molecule has 2 N–H and O–H groups in total. The van der Waals surface area contributed by atoms with Crippen LogP contribution in [0.25, 0.3) is 22.0 Å². The van der Waals surface area contributed by atoms with E-state index in [4.69, 9.17) is 0 Å². The van der Waals surface area contributed by atoms with E-state index >= 15 is 0 Å². The van der Waals surface area contributed by atoms with Gasteiger partial charge in [-0.3, -0.25) is 20.0 Å². The Labute approximate surface area is 195 Å². The van der Waals surface area contributed by atoms with Crippen LogP contribution in [0.1, 0.15) is 37.4 Å². The fourth-order valence-electron chi connectivity index (χ4n) is 4.25. The average molecular weight is 441 g/mol. The van der Waals surface area contributed by atoms with E-state index in [1.54, 1.807) is 6.08 Å². The summed E-state index contributed by atoms with van der Waals surface area (Å²) in [6.45, 7) is 13.3. The van der Waals surface area contributed by atoms with Gasteiger partial charge in [-0.05, 0) is 75.0 Å². The largest absolute Gasteiger partial charge is 0.381 e. The van der Waals surface area contributed by atoms with Crippen LogP contribution in [0.5, 0.6) is 0 Å². The number of aromatic amines is 1. The highest BCUT2D eigenvalue weighted by atomic mass is 15.1. The summed E-state index contributed by atoms with van der Waals surface area (Å²) in [5.41, 5.74) is 7.25. The van der Waals surface area contributed by atoms with Gasteiger partial charge in [0, 0.05) is 35.6 Å². The zero-order valence-electron chi connectivity index (χ0n) is 19.3. The monoisotopic (exact) mass is 440 g/mol. The molecule has 0 bridgehead atoms. The molecule has 4 rings (SSSR count). The van der Waals surface area contributed by atoms with Gasteiger partial charge in [-0.25, -0.2) is 0 Å². The summed E-state index contributed by atoms with van der Waals surface area (Å²) in [4.78, 5) is 11.1. The predicted octanol–water partition coefficient (Wildman–Crippen LogP) is 5.37. The molecule has 0 saturated carbocycles. The minimum absolute atomic E-state index is 0.611. The lowest BCUT2D eigenvalue weighted by molar-refractivity contribution is 0.220. The minimum Gasteiger partial charge on any atom is -0.381 e. The molecule has 6 heteroatoms. The Morgan fingerprint density at radius 3 is 2.82 bits per heavy atom. The lowest BCUT2D eigenvalue weighted by Gasteiger charge is -2.26. The summed E-state index contributed by atoms with van der Waals surface area (Å²) in [6, 6.07) is 8.64. The molecule has 0 amide bonds. The molecule has 1 saturated heterocycles. The van der Waals surface area contributed by atoms with Gasteiger partial charge in [0.15, 0.2) is 0 Å². The molecule has 1 fully saturated rings. The summed E-state index contributed by atoms with van der Waals surface area (Å²) in [6.07, 6.45) is 13.3. The second-order valence-corrected chi connectivity index (χ2v) is 8.47. The number of hydrogen-bond acceptors (Lipinski definition) is 5. The van der Waals surface area contributed by atoms with Crippen molar-refractivity contribution in [2.45, 2.75) is 39.3 Å². The van der Waals surface area contributed by atoms with Crippen LogP contribution in [0.15, 0.2) is 77.9 Å². The van der Waals surface area contributed by atoms with Crippen LogP contribution < -0.4 is 5.32 Å². The Morgan fingerprint density at radius 1 is 1.18 bits per heavy atom. The quantitative estimate of drug-likeness (QED) is 0.346.